The molecule has 0 saturated heterocycles. The van der Waals surface area contributed by atoms with Gasteiger partial charge in [0, 0.05) is 12.5 Å². The summed E-state index contributed by atoms with van der Waals surface area (Å²) in [5, 5.41) is 2.24. The molecular formula is C15H16F2N2O4S2. The number of methoxy groups -OCH3 is 1. The molecule has 25 heavy (non-hydrogen) atoms. The van der Waals surface area contributed by atoms with E-state index in [1.165, 1.54) is 25.4 Å². The number of benzene rings is 1. The van der Waals surface area contributed by atoms with E-state index in [-0.39, 0.29) is 18.1 Å². The molecule has 136 valence electrons. The largest absolute Gasteiger partial charge is 0.375 e. The number of nitrogens with one attached hydrogen (secondary N) is 1. The van der Waals surface area contributed by atoms with Crippen LogP contribution in [0.5, 0.6) is 0 Å². The van der Waals surface area contributed by atoms with E-state index in [4.69, 9.17) is 4.74 Å². The summed E-state index contributed by atoms with van der Waals surface area (Å²) in [7, 11) is -3.01. The number of carbonyl (C=O) groups excluding carboxylic acids is 1. The van der Waals surface area contributed by atoms with Crippen LogP contribution in [-0.4, -0.2) is 26.4 Å². The summed E-state index contributed by atoms with van der Waals surface area (Å²) >= 11 is 1.27. The molecule has 2 aromatic rings. The van der Waals surface area contributed by atoms with Gasteiger partial charge < -0.3 is 4.74 Å². The van der Waals surface area contributed by atoms with Crippen molar-refractivity contribution in [3.63, 3.8) is 0 Å². The van der Waals surface area contributed by atoms with Crippen LogP contribution in [0.4, 0.5) is 8.78 Å². The number of aryl methyl sites for hydroxylation is 1. The zero-order valence-electron chi connectivity index (χ0n) is 13.7. The number of nitrogens with zero attached hydrogens (tertiary/aromatic N) is 1. The van der Waals surface area contributed by atoms with Crippen molar-refractivity contribution in [2.24, 2.45) is 0 Å². The lowest BCUT2D eigenvalue weighted by molar-refractivity contribution is -0.118. The molecule has 1 aromatic carbocycles. The molecule has 0 aliphatic heterocycles. The summed E-state index contributed by atoms with van der Waals surface area (Å²) in [4.78, 5) is 15.2. The van der Waals surface area contributed by atoms with E-state index in [1.807, 2.05) is 0 Å². The van der Waals surface area contributed by atoms with E-state index in [0.29, 0.717) is 16.8 Å². The van der Waals surface area contributed by atoms with Crippen molar-refractivity contribution >= 4 is 27.3 Å². The minimum absolute atomic E-state index is 0.0370. The van der Waals surface area contributed by atoms with Gasteiger partial charge in [-0.15, -0.1) is 11.3 Å². The summed E-state index contributed by atoms with van der Waals surface area (Å²) in [5.74, 6) is -2.92. The fourth-order valence-corrected chi connectivity index (χ4v) is 3.84. The van der Waals surface area contributed by atoms with Crippen molar-refractivity contribution in [2.75, 3.05) is 7.11 Å². The van der Waals surface area contributed by atoms with Crippen LogP contribution in [0.3, 0.4) is 0 Å². The van der Waals surface area contributed by atoms with E-state index in [1.54, 1.807) is 17.0 Å². The summed E-state index contributed by atoms with van der Waals surface area (Å²) in [5.41, 5.74) is 0.317. The van der Waals surface area contributed by atoms with Gasteiger partial charge in [0.05, 0.1) is 12.1 Å². The molecule has 0 aliphatic carbocycles. The molecule has 0 saturated carbocycles. The average Bonchev–Trinajstić information content (AvgIpc) is 2.97. The lowest BCUT2D eigenvalue weighted by atomic mass is 10.2. The molecule has 1 heterocycles. The first-order chi connectivity index (χ1) is 11.6. The van der Waals surface area contributed by atoms with Crippen LogP contribution >= 0.6 is 11.3 Å². The Hall–Kier alpha value is -1.91. The van der Waals surface area contributed by atoms with Crippen LogP contribution in [0, 0.1) is 18.6 Å². The first-order valence-electron chi connectivity index (χ1n) is 7.12. The molecule has 1 amide bonds. The van der Waals surface area contributed by atoms with E-state index in [0.717, 1.165) is 6.07 Å². The van der Waals surface area contributed by atoms with Crippen LogP contribution in [0.15, 0.2) is 22.4 Å². The number of aromatic nitrogens is 1. The Morgan fingerprint density at radius 2 is 2.04 bits per heavy atom. The third-order valence-corrected chi connectivity index (χ3v) is 5.81. The summed E-state index contributed by atoms with van der Waals surface area (Å²) < 4.78 is 58.4. The van der Waals surface area contributed by atoms with Crippen molar-refractivity contribution in [3.05, 3.63) is 45.4 Å². The Balaban J connectivity index is 2.14. The number of amides is 1. The molecule has 0 unspecified atom stereocenters. The second-order valence-electron chi connectivity index (χ2n) is 5.29. The lowest BCUT2D eigenvalue weighted by Crippen LogP contribution is -2.32. The van der Waals surface area contributed by atoms with E-state index in [2.05, 4.69) is 4.98 Å². The van der Waals surface area contributed by atoms with Gasteiger partial charge in [-0.25, -0.2) is 26.9 Å². The van der Waals surface area contributed by atoms with Crippen LogP contribution in [-0.2, 0) is 26.0 Å². The van der Waals surface area contributed by atoms with Crippen molar-refractivity contribution in [2.45, 2.75) is 31.3 Å². The molecule has 6 nitrogen and oxygen atoms in total. The minimum Gasteiger partial charge on any atom is -0.375 e. The SMILES string of the molecule is CO[C@@H](C)c1nc(CC(=O)NS(=O)(=O)c2cc(F)c(C)cc2F)cs1. The zero-order valence-corrected chi connectivity index (χ0v) is 15.3. The number of hydrogen-bond acceptors (Lipinski definition) is 6. The van der Waals surface area contributed by atoms with Gasteiger partial charge >= 0.3 is 0 Å². The first kappa shape index (κ1) is 19.4. The monoisotopic (exact) mass is 390 g/mol. The molecule has 1 atom stereocenters. The smallest absolute Gasteiger partial charge is 0.267 e. The highest BCUT2D eigenvalue weighted by atomic mass is 32.2. The van der Waals surface area contributed by atoms with Crippen molar-refractivity contribution in [1.29, 1.82) is 0 Å². The van der Waals surface area contributed by atoms with Crippen LogP contribution < -0.4 is 4.72 Å². The molecule has 1 N–H and O–H groups in total. The third kappa shape index (κ3) is 4.59. The second kappa shape index (κ2) is 7.54. The van der Waals surface area contributed by atoms with Gasteiger partial charge in [-0.2, -0.15) is 0 Å². The topological polar surface area (TPSA) is 85.4 Å². The molecule has 0 aliphatic rings. The Bertz CT molecular complexity index is 897. The number of sulfonamides is 1. The van der Waals surface area contributed by atoms with Crippen molar-refractivity contribution in [3.8, 4) is 0 Å². The summed E-state index contributed by atoms with van der Waals surface area (Å²) in [6, 6.07) is 1.30. The Morgan fingerprint density at radius 3 is 2.68 bits per heavy atom. The molecule has 2 rings (SSSR count). The fraction of sp³-hybridized carbons (Fsp3) is 0.333. The molecular weight excluding hydrogens is 374 g/mol. The molecule has 1 aromatic heterocycles. The standard InChI is InChI=1S/C15H16F2N2O4S2/c1-8-4-12(17)13(6-11(8)16)25(21,22)19-14(20)5-10-7-24-15(18-10)9(2)23-3/h4,6-7,9H,5H2,1-3H3,(H,19,20)/t9-/m0/s1. The predicted molar refractivity (Wildman–Crippen MR) is 87.7 cm³/mol. The Labute approximate surface area is 147 Å². The summed E-state index contributed by atoms with van der Waals surface area (Å²) in [6.45, 7) is 3.08. The Kier molecular flexibility index (Phi) is 5.86. The average molecular weight is 390 g/mol. The third-order valence-electron chi connectivity index (χ3n) is 3.36. The quantitative estimate of drug-likeness (QED) is 0.819. The van der Waals surface area contributed by atoms with Crippen LogP contribution in [0.1, 0.15) is 29.3 Å². The number of carbonyl (C=O) groups is 1. The maximum atomic E-state index is 13.8. The molecule has 0 spiro atoms. The van der Waals surface area contributed by atoms with Gasteiger partial charge in [-0.05, 0) is 31.5 Å². The molecule has 0 radical (unpaired) electrons. The first-order valence-corrected chi connectivity index (χ1v) is 9.48. The van der Waals surface area contributed by atoms with Gasteiger partial charge in [0.25, 0.3) is 10.0 Å². The van der Waals surface area contributed by atoms with Crippen molar-refractivity contribution in [1.82, 2.24) is 9.71 Å². The molecule has 0 bridgehead atoms. The van der Waals surface area contributed by atoms with E-state index < -0.39 is 32.5 Å². The number of ether oxygens (including phenoxy) is 1. The maximum absolute atomic E-state index is 13.8. The van der Waals surface area contributed by atoms with Crippen LogP contribution in [0.25, 0.3) is 0 Å². The minimum atomic E-state index is -4.53. The maximum Gasteiger partial charge on any atom is 0.267 e. The highest BCUT2D eigenvalue weighted by Crippen LogP contribution is 2.21. The van der Waals surface area contributed by atoms with Gasteiger partial charge in [-0.3, -0.25) is 4.79 Å². The van der Waals surface area contributed by atoms with Gasteiger partial charge in [-0.1, -0.05) is 0 Å². The van der Waals surface area contributed by atoms with Crippen molar-refractivity contribution < 1.29 is 26.7 Å². The fourth-order valence-electron chi connectivity index (χ4n) is 1.93. The number of thiazole rings is 1. The predicted octanol–water partition coefficient (Wildman–Crippen LogP) is 2.48. The van der Waals surface area contributed by atoms with E-state index >= 15 is 0 Å². The number of rotatable bonds is 6. The normalized spacial score (nSPS) is 12.8. The van der Waals surface area contributed by atoms with Gasteiger partial charge in [0.15, 0.2) is 0 Å². The number of hydrogen-bond donors (Lipinski definition) is 1. The number of halogens is 2. The zero-order chi connectivity index (χ0) is 18.8. The lowest BCUT2D eigenvalue weighted by Gasteiger charge is -2.08. The molecule has 10 heteroatoms. The van der Waals surface area contributed by atoms with Gasteiger partial charge in [0.2, 0.25) is 5.91 Å². The highest BCUT2D eigenvalue weighted by Gasteiger charge is 2.24. The Morgan fingerprint density at radius 1 is 1.36 bits per heavy atom. The van der Waals surface area contributed by atoms with Gasteiger partial charge in [0.1, 0.15) is 27.6 Å². The molecule has 0 fully saturated rings. The summed E-state index contributed by atoms with van der Waals surface area (Å²) in [6.07, 6.45) is -0.572. The highest BCUT2D eigenvalue weighted by molar-refractivity contribution is 7.90. The van der Waals surface area contributed by atoms with Crippen LogP contribution in [0.2, 0.25) is 0 Å². The van der Waals surface area contributed by atoms with E-state index in [9.17, 15) is 22.0 Å². The second-order valence-corrected chi connectivity index (χ2v) is 7.83.